The van der Waals surface area contributed by atoms with Gasteiger partial charge in [-0.3, -0.25) is 4.55 Å². The Hall–Kier alpha value is -0.0700. The van der Waals surface area contributed by atoms with E-state index >= 15 is 0 Å². The van der Waals surface area contributed by atoms with Crippen molar-refractivity contribution in [3.63, 3.8) is 0 Å². The zero-order valence-corrected chi connectivity index (χ0v) is 11.0. The summed E-state index contributed by atoms with van der Waals surface area (Å²) in [5.74, 6) is 0. The molecule has 69 valence electrons. The van der Waals surface area contributed by atoms with Gasteiger partial charge >= 0.3 is 0 Å². The molecule has 0 atom stereocenters. The van der Waals surface area contributed by atoms with Crippen LogP contribution in [0, 0.1) is 0 Å². The quantitative estimate of drug-likeness (QED) is 0.365. The molecule has 0 spiro atoms. The van der Waals surface area contributed by atoms with Crippen molar-refractivity contribution in [2.45, 2.75) is 4.90 Å². The summed E-state index contributed by atoms with van der Waals surface area (Å²) in [5, 5.41) is 2.09. The Bertz CT molecular complexity index is 466. The first-order valence-corrected chi connectivity index (χ1v) is 5.04. The van der Waals surface area contributed by atoms with E-state index < -0.39 is 10.1 Å². The van der Waals surface area contributed by atoms with Gasteiger partial charge in [0.2, 0.25) is 0 Å². The number of rotatable bonds is 2. The number of hydrogen-bond acceptors (Lipinski definition) is 4. The summed E-state index contributed by atoms with van der Waals surface area (Å²) in [6.45, 7) is 0. The van der Waals surface area contributed by atoms with E-state index in [1.807, 2.05) is 0 Å². The molecule has 0 amide bonds. The summed E-state index contributed by atoms with van der Waals surface area (Å²) in [4.78, 5) is 3.36. The predicted octanol–water partition coefficient (Wildman–Crippen LogP) is 1.29. The zero-order valence-electron chi connectivity index (χ0n) is 7.34. The summed E-state index contributed by atoms with van der Waals surface area (Å²) in [7, 11) is -4.17. The summed E-state index contributed by atoms with van der Waals surface area (Å²) < 4.78 is 30.0. The summed E-state index contributed by atoms with van der Waals surface area (Å²) >= 11 is 4.34. The van der Waals surface area contributed by atoms with Crippen molar-refractivity contribution < 1.29 is 13.0 Å². The smallest absolute Gasteiger partial charge is 0.282 e. The van der Waals surface area contributed by atoms with Crippen LogP contribution < -0.4 is 0 Å². The molecule has 0 unspecified atom stereocenters. The van der Waals surface area contributed by atoms with Gasteiger partial charge in [-0.25, -0.2) is 0 Å². The first-order valence-electron chi connectivity index (χ1n) is 3.19. The first-order chi connectivity index (χ1) is 6.04. The number of nitrogens with zero attached hydrogens (tertiary/aromatic N) is 1. The van der Waals surface area contributed by atoms with Crippen molar-refractivity contribution in [1.29, 1.82) is 0 Å². The molecule has 1 aromatic carbocycles. The normalized spacial score (nSPS) is 9.79. The molecule has 1 radical (unpaired) electrons. The molecule has 1 rings (SSSR count). The maximum atomic E-state index is 10.7. The SMILES string of the molecule is O=S(=O)(O)c1cccc(N=C=S)c1.[Na]. The number of benzene rings is 1. The second-order valence-electron chi connectivity index (χ2n) is 2.18. The number of aliphatic imine (C=N–C) groups is 1. The van der Waals surface area contributed by atoms with Crippen LogP contribution in [0.15, 0.2) is 34.2 Å². The van der Waals surface area contributed by atoms with E-state index in [0.29, 0.717) is 5.69 Å². The van der Waals surface area contributed by atoms with Crippen LogP contribution in [0.25, 0.3) is 0 Å². The molecule has 0 fully saturated rings. The van der Waals surface area contributed by atoms with Gasteiger partial charge in [-0.2, -0.15) is 13.4 Å². The monoisotopic (exact) mass is 238 g/mol. The Balaban J connectivity index is 0.00000169. The van der Waals surface area contributed by atoms with Crippen LogP contribution >= 0.6 is 12.2 Å². The van der Waals surface area contributed by atoms with Crippen LogP contribution in [0.2, 0.25) is 0 Å². The van der Waals surface area contributed by atoms with Crippen molar-refractivity contribution in [3.05, 3.63) is 24.3 Å². The largest absolute Gasteiger partial charge is 0.294 e. The van der Waals surface area contributed by atoms with Crippen molar-refractivity contribution in [1.82, 2.24) is 0 Å². The third-order valence-electron chi connectivity index (χ3n) is 1.29. The van der Waals surface area contributed by atoms with Crippen LogP contribution in [-0.4, -0.2) is 47.7 Å². The Morgan fingerprint density at radius 3 is 2.57 bits per heavy atom. The minimum atomic E-state index is -4.17. The molecule has 1 N–H and O–H groups in total. The van der Waals surface area contributed by atoms with Crippen LogP contribution in [0.4, 0.5) is 5.69 Å². The molecule has 0 aliphatic heterocycles. The van der Waals surface area contributed by atoms with Crippen molar-refractivity contribution >= 4 is 62.7 Å². The molecule has 0 saturated heterocycles. The summed E-state index contributed by atoms with van der Waals surface area (Å²) in [6, 6.07) is 5.47. The van der Waals surface area contributed by atoms with Crippen LogP contribution in [0.1, 0.15) is 0 Å². The summed E-state index contributed by atoms with van der Waals surface area (Å²) in [6.07, 6.45) is 0. The van der Waals surface area contributed by atoms with Crippen LogP contribution in [-0.2, 0) is 10.1 Å². The minimum absolute atomic E-state index is 0. The van der Waals surface area contributed by atoms with E-state index in [0.717, 1.165) is 0 Å². The fourth-order valence-electron chi connectivity index (χ4n) is 0.766. The van der Waals surface area contributed by atoms with Gasteiger partial charge in [0.15, 0.2) is 0 Å². The fraction of sp³-hybridized carbons (Fsp3) is 0. The molecule has 0 aromatic heterocycles. The van der Waals surface area contributed by atoms with Crippen molar-refractivity contribution in [3.8, 4) is 0 Å². The minimum Gasteiger partial charge on any atom is -0.282 e. The second-order valence-corrected chi connectivity index (χ2v) is 3.78. The molecular weight excluding hydrogens is 233 g/mol. The van der Waals surface area contributed by atoms with E-state index in [-0.39, 0.29) is 34.5 Å². The fourth-order valence-corrected chi connectivity index (χ4v) is 1.39. The molecule has 0 aliphatic rings. The zero-order chi connectivity index (χ0) is 9.90. The molecule has 14 heavy (non-hydrogen) atoms. The molecule has 0 heterocycles. The summed E-state index contributed by atoms with van der Waals surface area (Å²) in [5.41, 5.74) is 0.338. The molecule has 0 bridgehead atoms. The van der Waals surface area contributed by atoms with Crippen LogP contribution in [0.3, 0.4) is 0 Å². The molecule has 4 nitrogen and oxygen atoms in total. The van der Waals surface area contributed by atoms with E-state index in [2.05, 4.69) is 22.4 Å². The van der Waals surface area contributed by atoms with E-state index in [1.54, 1.807) is 6.07 Å². The van der Waals surface area contributed by atoms with Crippen molar-refractivity contribution in [2.24, 2.45) is 4.99 Å². The number of thiocarbonyl (C=S) groups is 1. The van der Waals surface area contributed by atoms with E-state index in [9.17, 15) is 8.42 Å². The van der Waals surface area contributed by atoms with Gasteiger partial charge < -0.3 is 0 Å². The first kappa shape index (κ1) is 13.9. The third kappa shape index (κ3) is 3.98. The van der Waals surface area contributed by atoms with Gasteiger partial charge in [0, 0.05) is 29.6 Å². The Morgan fingerprint density at radius 1 is 1.43 bits per heavy atom. The number of isothiocyanates is 1. The maximum Gasteiger partial charge on any atom is 0.294 e. The van der Waals surface area contributed by atoms with Gasteiger partial charge in [-0.15, -0.1) is 0 Å². The van der Waals surface area contributed by atoms with Crippen LogP contribution in [0.5, 0.6) is 0 Å². The Labute approximate surface area is 109 Å². The van der Waals surface area contributed by atoms with Gasteiger partial charge in [-0.05, 0) is 30.4 Å². The second kappa shape index (κ2) is 5.72. The van der Waals surface area contributed by atoms with E-state index in [1.165, 1.54) is 18.2 Å². The average molecular weight is 238 g/mol. The predicted molar refractivity (Wildman–Crippen MR) is 56.7 cm³/mol. The van der Waals surface area contributed by atoms with E-state index in [4.69, 9.17) is 4.55 Å². The third-order valence-corrected chi connectivity index (χ3v) is 2.23. The molecule has 1 aromatic rings. The maximum absolute atomic E-state index is 10.7. The Morgan fingerprint density at radius 2 is 2.07 bits per heavy atom. The standard InChI is InChI=1S/C7H5NO3S2.Na/c9-13(10,11)7-3-1-2-6(4-7)8-5-12;/h1-4H,(H,9,10,11);. The average Bonchev–Trinajstić information content (AvgIpc) is 2.04. The van der Waals surface area contributed by atoms with Crippen molar-refractivity contribution in [2.75, 3.05) is 0 Å². The number of hydrogen-bond donors (Lipinski definition) is 1. The molecule has 7 heteroatoms. The van der Waals surface area contributed by atoms with Gasteiger partial charge in [0.25, 0.3) is 10.1 Å². The molecule has 0 saturated carbocycles. The molecule has 0 aliphatic carbocycles. The van der Waals surface area contributed by atoms with Gasteiger partial charge in [-0.1, -0.05) is 6.07 Å². The Kier molecular flexibility index (Phi) is 5.70. The molecular formula is C7H5NNaO3S2. The van der Waals surface area contributed by atoms with Gasteiger partial charge in [0.1, 0.15) is 0 Å². The van der Waals surface area contributed by atoms with Gasteiger partial charge in [0.05, 0.1) is 15.7 Å². The topological polar surface area (TPSA) is 66.7 Å².